The van der Waals surface area contributed by atoms with Crippen LogP contribution in [0.1, 0.15) is 56.2 Å². The summed E-state index contributed by atoms with van der Waals surface area (Å²) in [6, 6.07) is 10.1. The van der Waals surface area contributed by atoms with Gasteiger partial charge in [0.25, 0.3) is 10.0 Å². The standard InChI is InChI=1S/C32H42ClF2N3O6S3/c1-4-7-26(8-5-2)46(41,42)20-28(38-47(43,44)31-12-11-30(33)45-31)32(40)37-27(16-23-14-24(34)17-25(35)15-23)29(39)19-36-18-22-10-6-9-21(3)13-22/h6,9-15,17,26-29,36,38-39H,4-5,7-8,16,18-20H2,1-3H3,(H,37,40)/t27-,28-,29+/m0/s1. The highest BCUT2D eigenvalue weighted by Gasteiger charge is 2.36. The van der Waals surface area contributed by atoms with Crippen LogP contribution < -0.4 is 15.4 Å². The number of rotatable bonds is 19. The maximum absolute atomic E-state index is 14.1. The van der Waals surface area contributed by atoms with Gasteiger partial charge in [-0.05, 0) is 61.6 Å². The van der Waals surface area contributed by atoms with E-state index in [-0.39, 0.29) is 27.1 Å². The second kappa shape index (κ2) is 17.8. The molecule has 3 rings (SSSR count). The Labute approximate surface area is 285 Å². The molecule has 0 unspecified atom stereocenters. The third kappa shape index (κ3) is 12.2. The molecule has 3 aromatic rings. The van der Waals surface area contributed by atoms with Gasteiger partial charge in [-0.25, -0.2) is 25.6 Å². The second-order valence-corrected chi connectivity index (χ2v) is 17.5. The van der Waals surface area contributed by atoms with E-state index in [0.717, 1.165) is 34.6 Å². The van der Waals surface area contributed by atoms with Crippen LogP contribution in [0.25, 0.3) is 0 Å². The van der Waals surface area contributed by atoms with Gasteiger partial charge in [0, 0.05) is 19.2 Å². The number of hydrogen-bond acceptors (Lipinski definition) is 8. The first kappa shape index (κ1) is 39.0. The Morgan fingerprint density at radius 1 is 0.957 bits per heavy atom. The minimum atomic E-state index is -4.40. The van der Waals surface area contributed by atoms with Crippen LogP contribution in [0.3, 0.4) is 0 Å². The smallest absolute Gasteiger partial charge is 0.250 e. The maximum Gasteiger partial charge on any atom is 0.250 e. The fraction of sp³-hybridized carbons (Fsp3) is 0.469. The number of aliphatic hydroxyl groups excluding tert-OH is 1. The van der Waals surface area contributed by atoms with Gasteiger partial charge in [-0.1, -0.05) is 68.1 Å². The molecule has 0 saturated carbocycles. The van der Waals surface area contributed by atoms with Crippen molar-refractivity contribution in [3.63, 3.8) is 0 Å². The first-order valence-electron chi connectivity index (χ1n) is 15.3. The summed E-state index contributed by atoms with van der Waals surface area (Å²) in [6.07, 6.45) is 0.221. The molecule has 0 spiro atoms. The van der Waals surface area contributed by atoms with Gasteiger partial charge >= 0.3 is 0 Å². The predicted octanol–water partition coefficient (Wildman–Crippen LogP) is 4.90. The highest BCUT2D eigenvalue weighted by Crippen LogP contribution is 2.26. The average molecular weight is 734 g/mol. The predicted molar refractivity (Wildman–Crippen MR) is 182 cm³/mol. The molecular formula is C32H42ClF2N3O6S3. The molecule has 0 bridgehead atoms. The largest absolute Gasteiger partial charge is 0.390 e. The number of aliphatic hydroxyl groups is 1. The Balaban J connectivity index is 1.92. The summed E-state index contributed by atoms with van der Waals surface area (Å²) in [4.78, 5) is 13.8. The monoisotopic (exact) mass is 733 g/mol. The molecule has 1 heterocycles. The number of benzene rings is 2. The molecule has 3 atom stereocenters. The number of sulfone groups is 1. The summed E-state index contributed by atoms with van der Waals surface area (Å²) in [7, 11) is -8.40. The molecule has 0 aliphatic carbocycles. The van der Waals surface area contributed by atoms with Gasteiger partial charge < -0.3 is 15.7 Å². The average Bonchev–Trinajstić information content (AvgIpc) is 3.43. The summed E-state index contributed by atoms with van der Waals surface area (Å²) in [5.74, 6) is -3.58. The number of thiophene rings is 1. The van der Waals surface area contributed by atoms with E-state index in [1.165, 1.54) is 12.1 Å². The van der Waals surface area contributed by atoms with Crippen LogP contribution in [0, 0.1) is 18.6 Å². The molecular weight excluding hydrogens is 692 g/mol. The van der Waals surface area contributed by atoms with Crippen LogP contribution in [-0.2, 0) is 37.6 Å². The molecule has 0 aliphatic rings. The Morgan fingerprint density at radius 3 is 2.19 bits per heavy atom. The van der Waals surface area contributed by atoms with Crippen molar-refractivity contribution in [3.05, 3.63) is 87.3 Å². The molecule has 1 amide bonds. The Bertz CT molecular complexity index is 1680. The molecule has 0 radical (unpaired) electrons. The van der Waals surface area contributed by atoms with Crippen LogP contribution in [0.2, 0.25) is 4.34 Å². The lowest BCUT2D eigenvalue weighted by molar-refractivity contribution is -0.123. The lowest BCUT2D eigenvalue weighted by Crippen LogP contribution is -2.56. The van der Waals surface area contributed by atoms with Gasteiger partial charge in [-0.3, -0.25) is 4.79 Å². The van der Waals surface area contributed by atoms with E-state index in [0.29, 0.717) is 38.3 Å². The second-order valence-electron chi connectivity index (χ2n) is 11.5. The van der Waals surface area contributed by atoms with E-state index in [4.69, 9.17) is 11.6 Å². The third-order valence-corrected chi connectivity index (χ3v) is 13.0. The summed E-state index contributed by atoms with van der Waals surface area (Å²) in [6.45, 7) is 5.91. The fourth-order valence-electron chi connectivity index (χ4n) is 5.24. The van der Waals surface area contributed by atoms with Gasteiger partial charge in [0.05, 0.1) is 27.5 Å². The maximum atomic E-state index is 14.1. The number of carbonyl (C=O) groups excluding carboxylic acids is 1. The van der Waals surface area contributed by atoms with Gasteiger partial charge in [-0.15, -0.1) is 11.3 Å². The molecule has 47 heavy (non-hydrogen) atoms. The third-order valence-electron chi connectivity index (χ3n) is 7.49. The van der Waals surface area contributed by atoms with Crippen molar-refractivity contribution >= 4 is 48.7 Å². The first-order chi connectivity index (χ1) is 22.1. The molecule has 15 heteroatoms. The Morgan fingerprint density at radius 2 is 1.62 bits per heavy atom. The van der Waals surface area contributed by atoms with Crippen LogP contribution in [0.4, 0.5) is 8.78 Å². The van der Waals surface area contributed by atoms with Crippen LogP contribution in [0.15, 0.2) is 58.8 Å². The number of nitrogens with one attached hydrogen (secondary N) is 3. The number of halogens is 3. The fourth-order valence-corrected chi connectivity index (χ4v) is 10.2. The van der Waals surface area contributed by atoms with Crippen molar-refractivity contribution in [2.75, 3.05) is 12.3 Å². The first-order valence-corrected chi connectivity index (χ1v) is 19.7. The molecule has 4 N–H and O–H groups in total. The van der Waals surface area contributed by atoms with Gasteiger partial charge in [0.15, 0.2) is 9.84 Å². The SMILES string of the molecule is CCCC(CCC)S(=O)(=O)C[C@H](NS(=O)(=O)c1ccc(Cl)s1)C(=O)N[C@@H](Cc1cc(F)cc(F)c1)[C@H](O)CNCc1cccc(C)c1. The molecule has 0 fully saturated rings. The van der Waals surface area contributed by atoms with E-state index in [2.05, 4.69) is 15.4 Å². The van der Waals surface area contributed by atoms with E-state index >= 15 is 0 Å². The molecule has 0 saturated heterocycles. The normalized spacial score (nSPS) is 14.2. The number of carbonyl (C=O) groups is 1. The van der Waals surface area contributed by atoms with Crippen LogP contribution in [0.5, 0.6) is 0 Å². The summed E-state index contributed by atoms with van der Waals surface area (Å²) >= 11 is 6.67. The topological polar surface area (TPSA) is 142 Å². The van der Waals surface area contributed by atoms with Crippen molar-refractivity contribution in [3.8, 4) is 0 Å². The molecule has 0 aliphatic heterocycles. The number of sulfonamides is 1. The van der Waals surface area contributed by atoms with Crippen molar-refractivity contribution in [2.24, 2.45) is 0 Å². The van der Waals surface area contributed by atoms with Crippen molar-refractivity contribution in [1.82, 2.24) is 15.4 Å². The summed E-state index contributed by atoms with van der Waals surface area (Å²) in [5, 5.41) is 16.1. The van der Waals surface area contributed by atoms with Crippen molar-refractivity contribution < 1.29 is 35.5 Å². The van der Waals surface area contributed by atoms with E-state index in [9.17, 15) is 35.5 Å². The number of aryl methyl sites for hydroxylation is 1. The lowest BCUT2D eigenvalue weighted by Gasteiger charge is -2.28. The Hall–Kier alpha value is -2.46. The van der Waals surface area contributed by atoms with E-state index in [1.807, 2.05) is 45.0 Å². The van der Waals surface area contributed by atoms with Gasteiger partial charge in [0.1, 0.15) is 21.9 Å². The minimum Gasteiger partial charge on any atom is -0.390 e. The minimum absolute atomic E-state index is 0.0614. The quantitative estimate of drug-likeness (QED) is 0.137. The number of amides is 1. The lowest BCUT2D eigenvalue weighted by atomic mass is 10.00. The molecule has 2 aromatic carbocycles. The zero-order valence-electron chi connectivity index (χ0n) is 26.5. The highest BCUT2D eigenvalue weighted by atomic mass is 35.5. The zero-order chi connectivity index (χ0) is 34.8. The van der Waals surface area contributed by atoms with Crippen LogP contribution in [-0.4, -0.2) is 63.6 Å². The van der Waals surface area contributed by atoms with Gasteiger partial charge in [0.2, 0.25) is 5.91 Å². The Kier molecular flexibility index (Phi) is 14.8. The molecule has 9 nitrogen and oxygen atoms in total. The van der Waals surface area contributed by atoms with Crippen molar-refractivity contribution in [1.29, 1.82) is 0 Å². The van der Waals surface area contributed by atoms with Crippen molar-refractivity contribution in [2.45, 2.75) is 87.1 Å². The van der Waals surface area contributed by atoms with E-state index < -0.39 is 66.6 Å². The van der Waals surface area contributed by atoms with Gasteiger partial charge in [-0.2, -0.15) is 4.72 Å². The summed E-state index contributed by atoms with van der Waals surface area (Å²) < 4.78 is 84.0. The molecule has 260 valence electrons. The summed E-state index contributed by atoms with van der Waals surface area (Å²) in [5.41, 5.74) is 2.10. The van der Waals surface area contributed by atoms with Crippen LogP contribution >= 0.6 is 22.9 Å². The number of hydrogen-bond donors (Lipinski definition) is 4. The van der Waals surface area contributed by atoms with E-state index in [1.54, 1.807) is 0 Å². The molecule has 1 aromatic heterocycles. The highest BCUT2D eigenvalue weighted by molar-refractivity contribution is 7.92. The zero-order valence-corrected chi connectivity index (χ0v) is 29.7.